The van der Waals surface area contributed by atoms with Gasteiger partial charge in [-0.15, -0.1) is 0 Å². The molecule has 0 aromatic heterocycles. The second-order valence-electron chi connectivity index (χ2n) is 8.58. The van der Waals surface area contributed by atoms with Gasteiger partial charge in [-0.1, -0.05) is 48.5 Å². The molecule has 2 aromatic carbocycles. The van der Waals surface area contributed by atoms with Crippen LogP contribution in [0.15, 0.2) is 65.6 Å². The molecular formula is C23H29N3O5S2. The second-order valence-corrected chi connectivity index (χ2v) is 12.4. The van der Waals surface area contributed by atoms with E-state index in [2.05, 4.69) is 0 Å². The molecule has 0 radical (unpaired) electrons. The molecule has 2 heterocycles. The van der Waals surface area contributed by atoms with Crippen LogP contribution in [0.25, 0.3) is 0 Å². The summed E-state index contributed by atoms with van der Waals surface area (Å²) < 4.78 is 53.6. The molecule has 2 aliphatic heterocycles. The Bertz CT molecular complexity index is 1180. The van der Waals surface area contributed by atoms with Gasteiger partial charge in [0.2, 0.25) is 26.0 Å². The van der Waals surface area contributed by atoms with Crippen molar-refractivity contribution in [3.05, 3.63) is 66.2 Å². The molecule has 0 spiro atoms. The Balaban J connectivity index is 1.57. The van der Waals surface area contributed by atoms with Gasteiger partial charge >= 0.3 is 0 Å². The van der Waals surface area contributed by atoms with Crippen LogP contribution in [0.4, 0.5) is 0 Å². The Morgan fingerprint density at radius 1 is 0.818 bits per heavy atom. The van der Waals surface area contributed by atoms with E-state index in [-0.39, 0.29) is 36.5 Å². The minimum Gasteiger partial charge on any atom is -0.340 e. The summed E-state index contributed by atoms with van der Waals surface area (Å²) in [6, 6.07) is 17.5. The topological polar surface area (TPSA) is 95.1 Å². The summed E-state index contributed by atoms with van der Waals surface area (Å²) in [4.78, 5) is 15.2. The van der Waals surface area contributed by atoms with Crippen molar-refractivity contribution >= 4 is 26.0 Å². The van der Waals surface area contributed by atoms with Crippen LogP contribution in [0.3, 0.4) is 0 Å². The summed E-state index contributed by atoms with van der Waals surface area (Å²) >= 11 is 0. The van der Waals surface area contributed by atoms with E-state index in [1.807, 2.05) is 30.3 Å². The number of rotatable bonds is 5. The monoisotopic (exact) mass is 491 g/mol. The third-order valence-corrected chi connectivity index (χ3v) is 9.63. The highest BCUT2D eigenvalue weighted by Gasteiger charge is 2.41. The van der Waals surface area contributed by atoms with Crippen molar-refractivity contribution in [2.24, 2.45) is 5.92 Å². The van der Waals surface area contributed by atoms with E-state index in [9.17, 15) is 21.6 Å². The first kappa shape index (κ1) is 23.9. The highest BCUT2D eigenvalue weighted by molar-refractivity contribution is 7.89. The van der Waals surface area contributed by atoms with Gasteiger partial charge in [0.15, 0.2) is 0 Å². The standard InChI is InChI=1S/C23H29N3O5S2/c1-32(28,29)25-16-14-24(15-17-25)23(27)20-12-13-22(19-8-4-2-5-9-19)26(18-20)33(30,31)21-10-6-3-7-11-21/h2-11,20,22H,12-18H2,1H3. The van der Waals surface area contributed by atoms with Gasteiger partial charge in [-0.2, -0.15) is 8.61 Å². The summed E-state index contributed by atoms with van der Waals surface area (Å²) in [5.41, 5.74) is 0.907. The van der Waals surface area contributed by atoms with E-state index in [0.29, 0.717) is 25.9 Å². The van der Waals surface area contributed by atoms with Crippen LogP contribution in [0.1, 0.15) is 24.4 Å². The quantitative estimate of drug-likeness (QED) is 0.637. The van der Waals surface area contributed by atoms with Crippen molar-refractivity contribution in [1.29, 1.82) is 0 Å². The molecule has 0 bridgehead atoms. The SMILES string of the molecule is CS(=O)(=O)N1CCN(C(=O)C2CCC(c3ccccc3)N(S(=O)(=O)c3ccccc3)C2)CC1. The predicted octanol–water partition coefficient (Wildman–Crippen LogP) is 1.93. The van der Waals surface area contributed by atoms with Crippen molar-refractivity contribution in [2.45, 2.75) is 23.8 Å². The maximum absolute atomic E-state index is 13.6. The van der Waals surface area contributed by atoms with Crippen LogP contribution < -0.4 is 0 Å². The third-order valence-electron chi connectivity index (χ3n) is 6.44. The molecule has 1 amide bonds. The molecule has 0 aliphatic carbocycles. The molecule has 0 saturated carbocycles. The predicted molar refractivity (Wildman–Crippen MR) is 125 cm³/mol. The zero-order valence-corrected chi connectivity index (χ0v) is 20.2. The molecule has 2 saturated heterocycles. The number of benzene rings is 2. The molecule has 4 rings (SSSR count). The number of hydrogen-bond acceptors (Lipinski definition) is 5. The van der Waals surface area contributed by atoms with Crippen molar-refractivity contribution in [1.82, 2.24) is 13.5 Å². The van der Waals surface area contributed by atoms with Gasteiger partial charge in [0, 0.05) is 32.7 Å². The van der Waals surface area contributed by atoms with E-state index < -0.39 is 26.0 Å². The smallest absolute Gasteiger partial charge is 0.243 e. The van der Waals surface area contributed by atoms with Gasteiger partial charge < -0.3 is 4.90 Å². The number of amides is 1. The van der Waals surface area contributed by atoms with Gasteiger partial charge in [0.05, 0.1) is 23.1 Å². The van der Waals surface area contributed by atoms with E-state index >= 15 is 0 Å². The van der Waals surface area contributed by atoms with Crippen LogP contribution in [0.2, 0.25) is 0 Å². The number of carbonyl (C=O) groups is 1. The largest absolute Gasteiger partial charge is 0.340 e. The summed E-state index contributed by atoms with van der Waals surface area (Å²) in [7, 11) is -7.10. The van der Waals surface area contributed by atoms with E-state index in [4.69, 9.17) is 0 Å². The molecule has 2 fully saturated rings. The molecule has 2 aromatic rings. The Kier molecular flexibility index (Phi) is 6.90. The molecule has 0 N–H and O–H groups in total. The Morgan fingerprint density at radius 3 is 1.97 bits per heavy atom. The first-order valence-electron chi connectivity index (χ1n) is 11.0. The molecule has 8 nitrogen and oxygen atoms in total. The number of carbonyl (C=O) groups excluding carboxylic acids is 1. The zero-order valence-electron chi connectivity index (χ0n) is 18.6. The average Bonchev–Trinajstić information content (AvgIpc) is 2.84. The van der Waals surface area contributed by atoms with Gasteiger partial charge in [-0.05, 0) is 30.5 Å². The number of nitrogens with zero attached hydrogens (tertiary/aromatic N) is 3. The van der Waals surface area contributed by atoms with Crippen LogP contribution in [0, 0.1) is 5.92 Å². The summed E-state index contributed by atoms with van der Waals surface area (Å²) in [6.07, 6.45) is 2.28. The maximum Gasteiger partial charge on any atom is 0.243 e. The van der Waals surface area contributed by atoms with E-state index in [1.165, 1.54) is 14.9 Å². The van der Waals surface area contributed by atoms with Crippen LogP contribution >= 0.6 is 0 Å². The molecule has 2 atom stereocenters. The van der Waals surface area contributed by atoms with Gasteiger partial charge in [0.25, 0.3) is 0 Å². The number of hydrogen-bond donors (Lipinski definition) is 0. The lowest BCUT2D eigenvalue weighted by Crippen LogP contribution is -2.54. The van der Waals surface area contributed by atoms with Crippen LogP contribution in [0.5, 0.6) is 0 Å². The summed E-state index contributed by atoms with van der Waals surface area (Å²) in [5, 5.41) is 0. The minimum absolute atomic E-state index is 0.0991. The average molecular weight is 492 g/mol. The Morgan fingerprint density at radius 2 is 1.39 bits per heavy atom. The van der Waals surface area contributed by atoms with Gasteiger partial charge in [-0.25, -0.2) is 16.8 Å². The number of piperazine rings is 1. The fourth-order valence-electron chi connectivity index (χ4n) is 4.64. The first-order valence-corrected chi connectivity index (χ1v) is 14.3. The zero-order chi connectivity index (χ0) is 23.6. The molecule has 178 valence electrons. The van der Waals surface area contributed by atoms with Gasteiger partial charge in [-0.3, -0.25) is 4.79 Å². The second kappa shape index (κ2) is 9.54. The van der Waals surface area contributed by atoms with Crippen molar-refractivity contribution in [3.63, 3.8) is 0 Å². The van der Waals surface area contributed by atoms with Crippen molar-refractivity contribution in [2.75, 3.05) is 39.0 Å². The molecule has 10 heteroatoms. The highest BCUT2D eigenvalue weighted by atomic mass is 32.2. The lowest BCUT2D eigenvalue weighted by molar-refractivity contribution is -0.138. The summed E-state index contributed by atoms with van der Waals surface area (Å²) in [5.74, 6) is -0.573. The first-order chi connectivity index (χ1) is 15.7. The number of sulfonamides is 2. The van der Waals surface area contributed by atoms with Crippen molar-refractivity contribution < 1.29 is 21.6 Å². The molecular weight excluding hydrogens is 462 g/mol. The van der Waals surface area contributed by atoms with Crippen molar-refractivity contribution in [3.8, 4) is 0 Å². The van der Waals surface area contributed by atoms with Gasteiger partial charge in [0.1, 0.15) is 0 Å². The highest BCUT2D eigenvalue weighted by Crippen LogP contribution is 2.38. The third kappa shape index (κ3) is 5.13. The van der Waals surface area contributed by atoms with Crippen LogP contribution in [-0.4, -0.2) is 75.2 Å². The molecule has 2 unspecified atom stereocenters. The van der Waals surface area contributed by atoms with E-state index in [1.54, 1.807) is 35.2 Å². The summed E-state index contributed by atoms with van der Waals surface area (Å²) in [6.45, 7) is 1.25. The Labute approximate surface area is 195 Å². The van der Waals surface area contributed by atoms with Crippen LogP contribution in [-0.2, 0) is 24.8 Å². The maximum atomic E-state index is 13.6. The van der Waals surface area contributed by atoms with E-state index in [0.717, 1.165) is 5.56 Å². The fraction of sp³-hybridized carbons (Fsp3) is 0.435. The lowest BCUT2D eigenvalue weighted by Gasteiger charge is -2.41. The fourth-order valence-corrected chi connectivity index (χ4v) is 7.18. The lowest BCUT2D eigenvalue weighted by atomic mass is 9.90. The normalized spacial score (nSPS) is 23.4. The Hall–Kier alpha value is -2.27. The molecule has 33 heavy (non-hydrogen) atoms. The molecule has 2 aliphatic rings. The number of piperidine rings is 1. The minimum atomic E-state index is -3.81.